The van der Waals surface area contributed by atoms with Crippen LogP contribution >= 0.6 is 0 Å². The lowest BCUT2D eigenvalue weighted by Crippen LogP contribution is -2.55. The highest BCUT2D eigenvalue weighted by atomic mass is 19.1. The molecule has 6 nitrogen and oxygen atoms in total. The lowest BCUT2D eigenvalue weighted by Gasteiger charge is -2.39. The third-order valence-corrected chi connectivity index (χ3v) is 5.10. The van der Waals surface area contributed by atoms with E-state index in [2.05, 4.69) is 15.5 Å². The number of imide groups is 1. The molecule has 1 aromatic carbocycles. The third kappa shape index (κ3) is 4.10. The number of rotatable bonds is 6. The first-order valence-corrected chi connectivity index (χ1v) is 8.72. The minimum atomic E-state index is -0.819. The first-order valence-electron chi connectivity index (χ1n) is 8.72. The molecule has 7 heteroatoms. The molecular formula is C18H24FN3O3. The number of piperidine rings is 1. The van der Waals surface area contributed by atoms with E-state index < -0.39 is 11.6 Å². The van der Waals surface area contributed by atoms with Crippen LogP contribution in [0, 0.1) is 11.7 Å². The van der Waals surface area contributed by atoms with Gasteiger partial charge in [0.2, 0.25) is 0 Å². The van der Waals surface area contributed by atoms with Crippen LogP contribution in [0.1, 0.15) is 26.2 Å². The van der Waals surface area contributed by atoms with E-state index >= 15 is 0 Å². The topological polar surface area (TPSA) is 70.7 Å². The van der Waals surface area contributed by atoms with Crippen molar-refractivity contribution in [2.75, 3.05) is 26.2 Å². The number of benzene rings is 1. The molecule has 0 aromatic heterocycles. The van der Waals surface area contributed by atoms with Gasteiger partial charge in [0.1, 0.15) is 17.1 Å². The Balaban J connectivity index is 1.45. The maximum atomic E-state index is 12.8. The second-order valence-corrected chi connectivity index (χ2v) is 6.91. The summed E-state index contributed by atoms with van der Waals surface area (Å²) in [6.07, 6.45) is 2.77. The number of nitrogens with one attached hydrogen (secondary N) is 2. The highest BCUT2D eigenvalue weighted by molar-refractivity contribution is 6.06. The summed E-state index contributed by atoms with van der Waals surface area (Å²) >= 11 is 0. The maximum Gasteiger partial charge on any atom is 0.322 e. The predicted octanol–water partition coefficient (Wildman–Crippen LogP) is 1.90. The molecule has 2 fully saturated rings. The SMILES string of the molecule is C[C@]1([C@@H]2CCCN(CCCOc3ccc(F)cc3)C2)NC(=O)NC1=O. The zero-order valence-corrected chi connectivity index (χ0v) is 14.4. The van der Waals surface area contributed by atoms with Gasteiger partial charge in [0.15, 0.2) is 0 Å². The lowest BCUT2D eigenvalue weighted by molar-refractivity contribution is -0.126. The molecule has 136 valence electrons. The van der Waals surface area contributed by atoms with Gasteiger partial charge in [0, 0.05) is 19.0 Å². The normalized spacial score (nSPS) is 27.0. The van der Waals surface area contributed by atoms with E-state index in [1.807, 2.05) is 0 Å². The molecule has 2 aliphatic rings. The molecule has 2 heterocycles. The van der Waals surface area contributed by atoms with Crippen molar-refractivity contribution in [2.24, 2.45) is 5.92 Å². The fraction of sp³-hybridized carbons (Fsp3) is 0.556. The van der Waals surface area contributed by atoms with Crippen molar-refractivity contribution < 1.29 is 18.7 Å². The molecule has 0 bridgehead atoms. The molecule has 0 radical (unpaired) electrons. The van der Waals surface area contributed by atoms with Crippen molar-refractivity contribution in [1.29, 1.82) is 0 Å². The Bertz CT molecular complexity index is 637. The second-order valence-electron chi connectivity index (χ2n) is 6.91. The molecule has 1 aromatic rings. The molecule has 3 amide bonds. The lowest BCUT2D eigenvalue weighted by atomic mass is 9.80. The summed E-state index contributed by atoms with van der Waals surface area (Å²) in [5.74, 6) is 0.258. The highest BCUT2D eigenvalue weighted by Crippen LogP contribution is 2.29. The van der Waals surface area contributed by atoms with Crippen LogP contribution in [-0.2, 0) is 4.79 Å². The van der Waals surface area contributed by atoms with Gasteiger partial charge < -0.3 is 15.0 Å². The van der Waals surface area contributed by atoms with Crippen LogP contribution in [0.4, 0.5) is 9.18 Å². The van der Waals surface area contributed by atoms with Crippen LogP contribution in [0.3, 0.4) is 0 Å². The summed E-state index contributed by atoms with van der Waals surface area (Å²) in [6.45, 7) is 4.99. The van der Waals surface area contributed by atoms with Crippen LogP contribution in [0.5, 0.6) is 5.75 Å². The fourth-order valence-corrected chi connectivity index (χ4v) is 3.58. The Morgan fingerprint density at radius 1 is 1.32 bits per heavy atom. The first-order chi connectivity index (χ1) is 12.0. The molecule has 0 unspecified atom stereocenters. The van der Waals surface area contributed by atoms with Crippen molar-refractivity contribution in [3.05, 3.63) is 30.1 Å². The summed E-state index contributed by atoms with van der Waals surface area (Å²) in [4.78, 5) is 25.9. The Hall–Kier alpha value is -2.15. The van der Waals surface area contributed by atoms with Crippen LogP contribution in [0.2, 0.25) is 0 Å². The summed E-state index contributed by atoms with van der Waals surface area (Å²) < 4.78 is 18.5. The number of nitrogens with zero attached hydrogens (tertiary/aromatic N) is 1. The third-order valence-electron chi connectivity index (χ3n) is 5.10. The van der Waals surface area contributed by atoms with E-state index in [-0.39, 0.29) is 17.6 Å². The number of hydrogen-bond acceptors (Lipinski definition) is 4. The number of halogens is 1. The van der Waals surface area contributed by atoms with Gasteiger partial charge in [-0.25, -0.2) is 9.18 Å². The van der Waals surface area contributed by atoms with Gasteiger partial charge in [-0.3, -0.25) is 10.1 Å². The Morgan fingerprint density at radius 2 is 2.08 bits per heavy atom. The monoisotopic (exact) mass is 349 g/mol. The minimum Gasteiger partial charge on any atom is -0.494 e. The number of carbonyl (C=O) groups is 2. The zero-order chi connectivity index (χ0) is 17.9. The number of carbonyl (C=O) groups excluding carboxylic acids is 2. The molecule has 3 rings (SSSR count). The minimum absolute atomic E-state index is 0.103. The molecule has 0 spiro atoms. The molecule has 2 N–H and O–H groups in total. The van der Waals surface area contributed by atoms with Crippen LogP contribution in [0.25, 0.3) is 0 Å². The van der Waals surface area contributed by atoms with Crippen molar-refractivity contribution in [1.82, 2.24) is 15.5 Å². The van der Waals surface area contributed by atoms with Gasteiger partial charge >= 0.3 is 6.03 Å². The summed E-state index contributed by atoms with van der Waals surface area (Å²) in [5.41, 5.74) is -0.819. The van der Waals surface area contributed by atoms with Crippen LogP contribution in [0.15, 0.2) is 24.3 Å². The number of hydrogen-bond donors (Lipinski definition) is 2. The molecule has 0 aliphatic carbocycles. The molecular weight excluding hydrogens is 325 g/mol. The number of likely N-dealkylation sites (tertiary alicyclic amines) is 1. The Kier molecular flexibility index (Phi) is 5.22. The van der Waals surface area contributed by atoms with Crippen LogP contribution in [-0.4, -0.2) is 48.6 Å². The number of urea groups is 1. The average molecular weight is 349 g/mol. The molecule has 25 heavy (non-hydrogen) atoms. The van der Waals surface area contributed by atoms with Gasteiger partial charge in [-0.15, -0.1) is 0 Å². The van der Waals surface area contributed by atoms with E-state index in [9.17, 15) is 14.0 Å². The van der Waals surface area contributed by atoms with Gasteiger partial charge in [0.05, 0.1) is 6.61 Å². The molecule has 2 saturated heterocycles. The van der Waals surface area contributed by atoms with E-state index in [1.54, 1.807) is 19.1 Å². The highest BCUT2D eigenvalue weighted by Gasteiger charge is 2.48. The quantitative estimate of drug-likeness (QED) is 0.608. The maximum absolute atomic E-state index is 12.8. The number of amides is 3. The van der Waals surface area contributed by atoms with Crippen molar-refractivity contribution in [3.8, 4) is 5.75 Å². The van der Waals surface area contributed by atoms with E-state index in [0.717, 1.165) is 38.9 Å². The van der Waals surface area contributed by atoms with E-state index in [4.69, 9.17) is 4.74 Å². The molecule has 0 saturated carbocycles. The molecule has 2 atom stereocenters. The number of ether oxygens (including phenoxy) is 1. The second kappa shape index (κ2) is 7.39. The largest absolute Gasteiger partial charge is 0.494 e. The Morgan fingerprint density at radius 3 is 2.76 bits per heavy atom. The summed E-state index contributed by atoms with van der Waals surface area (Å²) in [6, 6.07) is 5.60. The average Bonchev–Trinajstić information content (AvgIpc) is 2.87. The first kappa shape index (κ1) is 17.7. The van der Waals surface area contributed by atoms with Crippen molar-refractivity contribution >= 4 is 11.9 Å². The zero-order valence-electron chi connectivity index (χ0n) is 14.4. The predicted molar refractivity (Wildman–Crippen MR) is 90.8 cm³/mol. The van der Waals surface area contributed by atoms with E-state index in [1.165, 1.54) is 12.1 Å². The van der Waals surface area contributed by atoms with Crippen LogP contribution < -0.4 is 15.4 Å². The van der Waals surface area contributed by atoms with Crippen molar-refractivity contribution in [2.45, 2.75) is 31.7 Å². The van der Waals surface area contributed by atoms with Gasteiger partial charge in [0.25, 0.3) is 5.91 Å². The summed E-state index contributed by atoms with van der Waals surface area (Å²) in [7, 11) is 0. The standard InChI is InChI=1S/C18H24FN3O3/c1-18(16(23)20-17(24)21-18)13-4-2-9-22(12-13)10-3-11-25-15-7-5-14(19)6-8-15/h5-8,13H,2-4,9-12H2,1H3,(H2,20,21,23,24)/t13-,18-/m1/s1. The summed E-state index contributed by atoms with van der Waals surface area (Å²) in [5, 5.41) is 5.12. The fourth-order valence-electron chi connectivity index (χ4n) is 3.58. The van der Waals surface area contributed by atoms with E-state index in [0.29, 0.717) is 12.4 Å². The Labute approximate surface area is 146 Å². The van der Waals surface area contributed by atoms with Gasteiger partial charge in [-0.05, 0) is 57.0 Å². The molecule has 2 aliphatic heterocycles. The van der Waals surface area contributed by atoms with Crippen molar-refractivity contribution in [3.63, 3.8) is 0 Å². The van der Waals surface area contributed by atoms with Gasteiger partial charge in [-0.1, -0.05) is 0 Å². The smallest absolute Gasteiger partial charge is 0.322 e. The van der Waals surface area contributed by atoms with Gasteiger partial charge in [-0.2, -0.15) is 0 Å².